The van der Waals surface area contributed by atoms with Crippen LogP contribution in [0.5, 0.6) is 11.5 Å². The van der Waals surface area contributed by atoms with Crippen molar-refractivity contribution in [2.75, 3.05) is 18.5 Å². The zero-order chi connectivity index (χ0) is 30.6. The summed E-state index contributed by atoms with van der Waals surface area (Å²) >= 11 is 6.46. The van der Waals surface area contributed by atoms with Crippen molar-refractivity contribution in [2.24, 2.45) is 0 Å². The Hall–Kier alpha value is -4.71. The molecular weight excluding hydrogens is 576 g/mol. The number of ether oxygens (including phenoxy) is 3. The van der Waals surface area contributed by atoms with E-state index in [0.29, 0.717) is 46.1 Å². The van der Waals surface area contributed by atoms with Crippen molar-refractivity contribution < 1.29 is 23.9 Å². The third-order valence-corrected chi connectivity index (χ3v) is 6.94. The number of hydrogen-bond donors (Lipinski definition) is 1. The Morgan fingerprint density at radius 2 is 1.95 bits per heavy atom. The van der Waals surface area contributed by atoms with Gasteiger partial charge in [0.1, 0.15) is 36.7 Å². The van der Waals surface area contributed by atoms with E-state index in [1.54, 1.807) is 50.1 Å². The summed E-state index contributed by atoms with van der Waals surface area (Å²) in [5, 5.41) is 16.0. The highest BCUT2D eigenvalue weighted by Gasteiger charge is 2.33. The summed E-state index contributed by atoms with van der Waals surface area (Å²) in [4.78, 5) is 38.6. The Labute approximate surface area is 253 Å². The first kappa shape index (κ1) is 29.8. The molecule has 0 saturated carbocycles. The summed E-state index contributed by atoms with van der Waals surface area (Å²) in [7, 11) is 0. The number of nitrogens with one attached hydrogen (secondary N) is 1. The summed E-state index contributed by atoms with van der Waals surface area (Å²) < 4.78 is 17.2. The number of amides is 1. The first-order valence-corrected chi connectivity index (χ1v) is 14.1. The van der Waals surface area contributed by atoms with Crippen LogP contribution in [0, 0.1) is 10.1 Å². The molecule has 0 aliphatic carbocycles. The molecule has 13 heteroatoms. The van der Waals surface area contributed by atoms with Gasteiger partial charge in [-0.2, -0.15) is 0 Å². The van der Waals surface area contributed by atoms with E-state index in [-0.39, 0.29) is 30.7 Å². The van der Waals surface area contributed by atoms with E-state index in [4.69, 9.17) is 25.8 Å². The highest BCUT2D eigenvalue weighted by molar-refractivity contribution is 6.32. The molecule has 12 nitrogen and oxygen atoms in total. The topological polar surface area (TPSA) is 142 Å². The van der Waals surface area contributed by atoms with Crippen molar-refractivity contribution in [3.63, 3.8) is 0 Å². The second-order valence-electron chi connectivity index (χ2n) is 11.0. The van der Waals surface area contributed by atoms with Crippen molar-refractivity contribution >= 4 is 45.8 Å². The van der Waals surface area contributed by atoms with Crippen molar-refractivity contribution in [3.8, 4) is 11.5 Å². The molecule has 43 heavy (non-hydrogen) atoms. The predicted octanol–water partition coefficient (Wildman–Crippen LogP) is 6.69. The number of nitrogens with zero attached hydrogens (tertiary/aromatic N) is 5. The van der Waals surface area contributed by atoms with E-state index in [1.807, 2.05) is 18.2 Å². The highest BCUT2D eigenvalue weighted by Crippen LogP contribution is 2.36. The molecule has 1 saturated heterocycles. The molecule has 0 bridgehead atoms. The molecule has 0 spiro atoms. The molecule has 4 aromatic rings. The molecule has 2 aromatic heterocycles. The normalized spacial score (nSPS) is 14.9. The number of anilines is 2. The summed E-state index contributed by atoms with van der Waals surface area (Å²) in [5.41, 5.74) is 0.927. The van der Waals surface area contributed by atoms with Crippen LogP contribution in [-0.4, -0.2) is 55.7 Å². The van der Waals surface area contributed by atoms with Crippen LogP contribution in [0.25, 0.3) is 10.9 Å². The number of halogens is 1. The number of carbonyl (C=O) groups is 1. The summed E-state index contributed by atoms with van der Waals surface area (Å²) in [6, 6.07) is 13.3. The molecule has 3 heterocycles. The van der Waals surface area contributed by atoms with Gasteiger partial charge >= 0.3 is 11.8 Å². The van der Waals surface area contributed by atoms with Gasteiger partial charge in [0.25, 0.3) is 0 Å². The van der Waals surface area contributed by atoms with Gasteiger partial charge < -0.3 is 24.4 Å². The van der Waals surface area contributed by atoms with Crippen LogP contribution in [-0.2, 0) is 11.3 Å². The number of fused-ring (bicyclic) bond motifs is 1. The summed E-state index contributed by atoms with van der Waals surface area (Å²) in [6.07, 6.45) is 4.11. The number of rotatable bonds is 9. The molecule has 0 unspecified atom stereocenters. The molecule has 1 aliphatic heterocycles. The van der Waals surface area contributed by atoms with E-state index in [1.165, 1.54) is 18.5 Å². The van der Waals surface area contributed by atoms with Crippen molar-refractivity contribution in [1.82, 2.24) is 19.9 Å². The fourth-order valence-corrected chi connectivity index (χ4v) is 4.89. The van der Waals surface area contributed by atoms with Crippen molar-refractivity contribution in [2.45, 2.75) is 51.9 Å². The molecule has 1 aliphatic rings. The average molecular weight is 607 g/mol. The minimum atomic E-state index is -0.630. The van der Waals surface area contributed by atoms with Crippen molar-refractivity contribution in [1.29, 1.82) is 0 Å². The average Bonchev–Trinajstić information content (AvgIpc) is 3.44. The predicted molar refractivity (Wildman–Crippen MR) is 161 cm³/mol. The first-order chi connectivity index (χ1) is 20.6. The number of carbonyl (C=O) groups excluding carboxylic acids is 1. The van der Waals surface area contributed by atoms with Crippen LogP contribution < -0.4 is 14.8 Å². The van der Waals surface area contributed by atoms with Gasteiger partial charge in [-0.3, -0.25) is 15.1 Å². The first-order valence-electron chi connectivity index (χ1n) is 13.7. The number of hydrogen-bond acceptors (Lipinski definition) is 10. The van der Waals surface area contributed by atoms with Gasteiger partial charge in [0.05, 0.1) is 32.6 Å². The third-order valence-electron chi connectivity index (χ3n) is 6.65. The van der Waals surface area contributed by atoms with E-state index < -0.39 is 16.6 Å². The Morgan fingerprint density at radius 3 is 2.67 bits per heavy atom. The second kappa shape index (κ2) is 12.7. The standard InChI is InChI=1S/C30H31ClN6O6/c1-30(2,3)43-29(38)36-12-6-8-21(36)17-42-27-15-24-22(14-25(27)37(39)40)28(34-18-33-24)35-19-9-10-26(23(31)13-19)41-16-20-7-4-5-11-32-20/h4-5,7,9-11,13-15,18,21H,6,8,12,16-17H2,1-3H3,(H,33,34,35)/t21-/m0/s1. The molecule has 0 radical (unpaired) electrons. The van der Waals surface area contributed by atoms with Crippen LogP contribution in [0.15, 0.2) is 61.1 Å². The van der Waals surface area contributed by atoms with Crippen LogP contribution in [0.1, 0.15) is 39.3 Å². The van der Waals surface area contributed by atoms with Gasteiger partial charge in [-0.25, -0.2) is 14.8 Å². The van der Waals surface area contributed by atoms with Gasteiger partial charge in [-0.15, -0.1) is 0 Å². The van der Waals surface area contributed by atoms with Crippen LogP contribution in [0.4, 0.5) is 22.0 Å². The largest absolute Gasteiger partial charge is 0.486 e. The Balaban J connectivity index is 1.32. The minimum Gasteiger partial charge on any atom is -0.486 e. The maximum Gasteiger partial charge on any atom is 0.410 e. The number of nitro groups is 1. The molecule has 1 atom stereocenters. The fourth-order valence-electron chi connectivity index (χ4n) is 4.65. The van der Waals surface area contributed by atoms with Gasteiger partial charge in [0, 0.05) is 30.6 Å². The number of aromatic nitrogens is 3. The van der Waals surface area contributed by atoms with Gasteiger partial charge in [0.2, 0.25) is 0 Å². The molecule has 1 N–H and O–H groups in total. The van der Waals surface area contributed by atoms with Crippen LogP contribution >= 0.6 is 11.6 Å². The summed E-state index contributed by atoms with van der Waals surface area (Å²) in [6.45, 7) is 6.29. The maximum atomic E-state index is 12.6. The number of benzene rings is 2. The Kier molecular flexibility index (Phi) is 8.76. The van der Waals surface area contributed by atoms with Crippen LogP contribution in [0.2, 0.25) is 5.02 Å². The van der Waals surface area contributed by atoms with Gasteiger partial charge in [0.15, 0.2) is 5.75 Å². The number of likely N-dealkylation sites (tertiary alicyclic amines) is 1. The molecule has 1 fully saturated rings. The SMILES string of the molecule is CC(C)(C)OC(=O)N1CCC[C@H]1COc1cc2ncnc(Nc3ccc(OCc4ccccn4)c(Cl)c3)c2cc1[N+](=O)[O-]. The van der Waals surface area contributed by atoms with Gasteiger partial charge in [-0.1, -0.05) is 17.7 Å². The number of nitro benzene ring substituents is 1. The lowest BCUT2D eigenvalue weighted by Gasteiger charge is -2.28. The quantitative estimate of drug-likeness (QED) is 0.162. The molecule has 224 valence electrons. The van der Waals surface area contributed by atoms with E-state index in [2.05, 4.69) is 20.3 Å². The van der Waals surface area contributed by atoms with Gasteiger partial charge in [-0.05, 0) is 63.9 Å². The highest BCUT2D eigenvalue weighted by atomic mass is 35.5. The van der Waals surface area contributed by atoms with E-state index >= 15 is 0 Å². The fraction of sp³-hybridized carbons (Fsp3) is 0.333. The van der Waals surface area contributed by atoms with Crippen molar-refractivity contribution in [3.05, 3.63) is 81.9 Å². The molecule has 1 amide bonds. The smallest absolute Gasteiger partial charge is 0.410 e. The third kappa shape index (κ3) is 7.39. The second-order valence-corrected chi connectivity index (χ2v) is 11.4. The Bertz CT molecular complexity index is 1630. The van der Waals surface area contributed by atoms with E-state index in [9.17, 15) is 14.9 Å². The van der Waals surface area contributed by atoms with Crippen LogP contribution in [0.3, 0.4) is 0 Å². The maximum absolute atomic E-state index is 12.6. The summed E-state index contributed by atoms with van der Waals surface area (Å²) in [5.74, 6) is 0.885. The lowest BCUT2D eigenvalue weighted by atomic mass is 10.2. The lowest BCUT2D eigenvalue weighted by molar-refractivity contribution is -0.385. The minimum absolute atomic E-state index is 0.0515. The molecule has 2 aromatic carbocycles. The van der Waals surface area contributed by atoms with E-state index in [0.717, 1.165) is 12.1 Å². The molecular formula is C30H31ClN6O6. The molecule has 5 rings (SSSR count). The monoisotopic (exact) mass is 606 g/mol. The zero-order valence-corrected chi connectivity index (χ0v) is 24.7. The Morgan fingerprint density at radius 1 is 1.12 bits per heavy atom. The number of pyridine rings is 1. The lowest BCUT2D eigenvalue weighted by Crippen LogP contribution is -2.42. The zero-order valence-electron chi connectivity index (χ0n) is 23.9.